The number of benzene rings is 1. The Morgan fingerprint density at radius 1 is 1.22 bits per heavy atom. The van der Waals surface area contributed by atoms with Gasteiger partial charge in [-0.3, -0.25) is 4.79 Å². The summed E-state index contributed by atoms with van der Waals surface area (Å²) in [5, 5.41) is 5.61. The van der Waals surface area contributed by atoms with E-state index < -0.39 is 0 Å². The van der Waals surface area contributed by atoms with Gasteiger partial charge in [-0.2, -0.15) is 0 Å². The lowest BCUT2D eigenvalue weighted by molar-refractivity contribution is 0.0949. The molecule has 27 heavy (non-hydrogen) atoms. The van der Waals surface area contributed by atoms with Gasteiger partial charge >= 0.3 is 0 Å². The number of thiazole rings is 1. The van der Waals surface area contributed by atoms with Crippen LogP contribution in [0.2, 0.25) is 0 Å². The molecule has 0 saturated carbocycles. The van der Waals surface area contributed by atoms with Gasteiger partial charge in [0.25, 0.3) is 5.91 Å². The Labute approximate surface area is 175 Å². The molecule has 0 aliphatic rings. The Bertz CT molecular complexity index is 878. The molecule has 9 heteroatoms. The molecule has 148 valence electrons. The number of para-hydroxylation sites is 2. The van der Waals surface area contributed by atoms with E-state index in [9.17, 15) is 4.79 Å². The van der Waals surface area contributed by atoms with E-state index in [1.807, 2.05) is 18.2 Å². The largest absolute Gasteiger partial charge is 0.350 e. The van der Waals surface area contributed by atoms with Gasteiger partial charge in [0.2, 0.25) is 0 Å². The number of fused-ring (bicyclic) bond motifs is 1. The van der Waals surface area contributed by atoms with Crippen molar-refractivity contribution in [3.8, 4) is 0 Å². The van der Waals surface area contributed by atoms with Gasteiger partial charge in [0.1, 0.15) is 11.5 Å². The van der Waals surface area contributed by atoms with Crippen molar-refractivity contribution in [3.05, 3.63) is 46.2 Å². The predicted octanol–water partition coefficient (Wildman–Crippen LogP) is 3.39. The van der Waals surface area contributed by atoms with Crippen molar-refractivity contribution in [1.82, 2.24) is 19.9 Å². The molecule has 6 nitrogen and oxygen atoms in total. The average molecular weight is 430 g/mol. The zero-order valence-electron chi connectivity index (χ0n) is 15.3. The first-order chi connectivity index (χ1) is 12.1. The smallest absolute Gasteiger partial charge is 0.270 e. The van der Waals surface area contributed by atoms with Gasteiger partial charge in [-0.15, -0.1) is 36.2 Å². The minimum absolute atomic E-state index is 0. The summed E-state index contributed by atoms with van der Waals surface area (Å²) in [7, 11) is 0. The van der Waals surface area contributed by atoms with Crippen LogP contribution in [0.5, 0.6) is 0 Å². The summed E-state index contributed by atoms with van der Waals surface area (Å²) in [4.78, 5) is 21.2. The molecule has 2 heterocycles. The maximum atomic E-state index is 12.2. The zero-order chi connectivity index (χ0) is 17.8. The molecule has 0 aliphatic heterocycles. The number of halogens is 2. The molecule has 0 atom stereocenters. The van der Waals surface area contributed by atoms with Crippen LogP contribution in [0.15, 0.2) is 29.6 Å². The molecular weight excluding hydrogens is 405 g/mol. The van der Waals surface area contributed by atoms with Crippen molar-refractivity contribution in [1.29, 1.82) is 0 Å². The van der Waals surface area contributed by atoms with Crippen molar-refractivity contribution in [2.75, 3.05) is 13.1 Å². The molecule has 1 aromatic carbocycles. The van der Waals surface area contributed by atoms with Gasteiger partial charge in [0.15, 0.2) is 0 Å². The fraction of sp³-hybridized carbons (Fsp3) is 0.389. The number of amides is 1. The molecule has 2 aromatic heterocycles. The Morgan fingerprint density at radius 2 is 1.96 bits per heavy atom. The third-order valence-electron chi connectivity index (χ3n) is 3.96. The molecule has 1 amide bonds. The Kier molecular flexibility index (Phi) is 9.18. The molecule has 0 bridgehead atoms. The lowest BCUT2D eigenvalue weighted by Gasteiger charge is -2.13. The van der Waals surface area contributed by atoms with E-state index in [1.165, 1.54) is 11.3 Å². The molecule has 3 rings (SSSR count). The first kappa shape index (κ1) is 23.4. The maximum absolute atomic E-state index is 12.2. The first-order valence-corrected chi connectivity index (χ1v) is 9.36. The molecular formula is C18H25Cl2N5OS. The number of nitrogens with two attached hydrogens (primary N) is 1. The lowest BCUT2D eigenvalue weighted by atomic mass is 10.3. The Morgan fingerprint density at radius 3 is 2.67 bits per heavy atom. The van der Waals surface area contributed by atoms with Crippen LogP contribution in [-0.4, -0.2) is 33.5 Å². The summed E-state index contributed by atoms with van der Waals surface area (Å²) < 4.78 is 2.23. The summed E-state index contributed by atoms with van der Waals surface area (Å²) in [5.74, 6) is 0.838. The van der Waals surface area contributed by atoms with E-state index in [0.717, 1.165) is 21.9 Å². The number of aromatic nitrogens is 3. The Balaban J connectivity index is 0.00000182. The summed E-state index contributed by atoms with van der Waals surface area (Å²) in [6, 6.07) is 8.43. The molecule has 0 saturated heterocycles. The zero-order valence-corrected chi connectivity index (χ0v) is 17.8. The second kappa shape index (κ2) is 10.6. The topological polar surface area (TPSA) is 85.8 Å². The fourth-order valence-corrected chi connectivity index (χ4v) is 3.67. The molecule has 0 aliphatic carbocycles. The molecule has 3 aromatic rings. The quantitative estimate of drug-likeness (QED) is 0.602. The minimum Gasteiger partial charge on any atom is -0.350 e. The van der Waals surface area contributed by atoms with Gasteiger partial charge in [-0.1, -0.05) is 12.1 Å². The van der Waals surface area contributed by atoms with Crippen molar-refractivity contribution >= 4 is 53.1 Å². The highest BCUT2D eigenvalue weighted by Gasteiger charge is 2.14. The lowest BCUT2D eigenvalue weighted by Crippen LogP contribution is -2.27. The summed E-state index contributed by atoms with van der Waals surface area (Å²) >= 11 is 1.47. The first-order valence-electron chi connectivity index (χ1n) is 8.48. The molecule has 0 fully saturated rings. The van der Waals surface area contributed by atoms with E-state index in [-0.39, 0.29) is 30.7 Å². The van der Waals surface area contributed by atoms with E-state index in [0.29, 0.717) is 37.7 Å². The SMILES string of the molecule is CC(C)n1c(CCNC(=O)c2csc(CCN)n2)nc2ccccc21.Cl.Cl. The molecule has 0 spiro atoms. The number of nitrogens with one attached hydrogen (secondary N) is 1. The van der Waals surface area contributed by atoms with E-state index in [2.05, 4.69) is 34.8 Å². The minimum atomic E-state index is -0.147. The maximum Gasteiger partial charge on any atom is 0.270 e. The van der Waals surface area contributed by atoms with Crippen LogP contribution in [0.4, 0.5) is 0 Å². The molecule has 0 unspecified atom stereocenters. The number of carbonyl (C=O) groups excluding carboxylic acids is 1. The fourth-order valence-electron chi connectivity index (χ4n) is 2.88. The summed E-state index contributed by atoms with van der Waals surface area (Å²) in [5.41, 5.74) is 8.10. The third-order valence-corrected chi connectivity index (χ3v) is 4.87. The van der Waals surface area contributed by atoms with Crippen molar-refractivity contribution < 1.29 is 4.79 Å². The van der Waals surface area contributed by atoms with Crippen LogP contribution in [0.25, 0.3) is 11.0 Å². The monoisotopic (exact) mass is 429 g/mol. The highest BCUT2D eigenvalue weighted by Crippen LogP contribution is 2.21. The van der Waals surface area contributed by atoms with E-state index in [4.69, 9.17) is 10.7 Å². The number of carbonyl (C=O) groups is 1. The number of rotatable bonds is 7. The van der Waals surface area contributed by atoms with Crippen LogP contribution in [0.3, 0.4) is 0 Å². The standard InChI is InChI=1S/C18H23N5OS.2ClH/c1-12(2)23-15-6-4-3-5-13(15)21-16(23)8-10-20-18(24)14-11-25-17(22-14)7-9-19;;/h3-6,11-12H,7-10,19H2,1-2H3,(H,20,24);2*1H. The highest BCUT2D eigenvalue weighted by molar-refractivity contribution is 7.09. The Hall–Kier alpha value is -1.67. The van der Waals surface area contributed by atoms with Crippen LogP contribution >= 0.6 is 36.2 Å². The van der Waals surface area contributed by atoms with Gasteiger partial charge < -0.3 is 15.6 Å². The van der Waals surface area contributed by atoms with Gasteiger partial charge in [0.05, 0.1) is 16.0 Å². The summed E-state index contributed by atoms with van der Waals surface area (Å²) in [6.07, 6.45) is 1.38. The molecule has 0 radical (unpaired) electrons. The number of hydrogen-bond donors (Lipinski definition) is 2. The molecule has 3 N–H and O–H groups in total. The second-order valence-corrected chi connectivity index (χ2v) is 7.09. The van der Waals surface area contributed by atoms with Gasteiger partial charge in [-0.05, 0) is 32.5 Å². The van der Waals surface area contributed by atoms with Crippen molar-refractivity contribution in [2.24, 2.45) is 5.73 Å². The number of nitrogens with zero attached hydrogens (tertiary/aromatic N) is 3. The van der Waals surface area contributed by atoms with E-state index in [1.54, 1.807) is 5.38 Å². The second-order valence-electron chi connectivity index (χ2n) is 6.15. The predicted molar refractivity (Wildman–Crippen MR) is 116 cm³/mol. The number of imidazole rings is 1. The third kappa shape index (κ3) is 5.42. The highest BCUT2D eigenvalue weighted by atomic mass is 35.5. The van der Waals surface area contributed by atoms with Crippen LogP contribution in [-0.2, 0) is 12.8 Å². The van der Waals surface area contributed by atoms with Gasteiger partial charge in [0, 0.05) is 30.8 Å². The van der Waals surface area contributed by atoms with E-state index >= 15 is 0 Å². The van der Waals surface area contributed by atoms with Crippen LogP contribution < -0.4 is 11.1 Å². The average Bonchev–Trinajstić information content (AvgIpc) is 3.19. The summed E-state index contributed by atoms with van der Waals surface area (Å²) in [6.45, 7) is 5.35. The van der Waals surface area contributed by atoms with Gasteiger partial charge in [-0.25, -0.2) is 9.97 Å². The normalized spacial score (nSPS) is 10.5. The van der Waals surface area contributed by atoms with Crippen LogP contribution in [0, 0.1) is 0 Å². The van der Waals surface area contributed by atoms with Crippen molar-refractivity contribution in [2.45, 2.75) is 32.7 Å². The van der Waals surface area contributed by atoms with Crippen LogP contribution in [0.1, 0.15) is 41.2 Å². The number of hydrogen-bond acceptors (Lipinski definition) is 5. The van der Waals surface area contributed by atoms with Crippen molar-refractivity contribution in [3.63, 3.8) is 0 Å².